The molecule has 21 heavy (non-hydrogen) atoms. The maximum absolute atomic E-state index is 12.1. The monoisotopic (exact) mass is 300 g/mol. The Hall–Kier alpha value is -1.30. The van der Waals surface area contributed by atoms with E-state index in [1.807, 2.05) is 6.92 Å². The number of carboxylic acids is 1. The maximum atomic E-state index is 12.1. The standard InChI is InChI=1S/C15H28N2O4/c1-3-7-11(10-21-2)16-15(20)17-13-9-6-4-5-8-12(13)14(18)19/h11-13H,3-10H2,1-2H3,(H,18,19)(H2,16,17,20). The van der Waals surface area contributed by atoms with E-state index in [-0.39, 0.29) is 18.1 Å². The molecule has 1 aliphatic carbocycles. The molecule has 0 bridgehead atoms. The van der Waals surface area contributed by atoms with Crippen LogP contribution in [0, 0.1) is 5.92 Å². The summed E-state index contributed by atoms with van der Waals surface area (Å²) >= 11 is 0. The van der Waals surface area contributed by atoms with Gasteiger partial charge in [0, 0.05) is 13.2 Å². The largest absolute Gasteiger partial charge is 0.481 e. The van der Waals surface area contributed by atoms with Gasteiger partial charge in [-0.05, 0) is 19.3 Å². The molecule has 0 aromatic carbocycles. The van der Waals surface area contributed by atoms with Crippen LogP contribution in [0.3, 0.4) is 0 Å². The number of hydrogen-bond acceptors (Lipinski definition) is 3. The van der Waals surface area contributed by atoms with Gasteiger partial charge in [-0.3, -0.25) is 4.79 Å². The van der Waals surface area contributed by atoms with Gasteiger partial charge in [0.05, 0.1) is 18.6 Å². The lowest BCUT2D eigenvalue weighted by Gasteiger charge is -2.25. The minimum Gasteiger partial charge on any atom is -0.481 e. The average molecular weight is 300 g/mol. The fourth-order valence-electron chi connectivity index (χ4n) is 2.92. The van der Waals surface area contributed by atoms with Crippen LogP contribution >= 0.6 is 0 Å². The van der Waals surface area contributed by atoms with Crippen molar-refractivity contribution in [1.82, 2.24) is 10.6 Å². The summed E-state index contributed by atoms with van der Waals surface area (Å²) in [6.45, 7) is 2.52. The number of hydrogen-bond donors (Lipinski definition) is 3. The number of ether oxygens (including phenoxy) is 1. The van der Waals surface area contributed by atoms with Crippen molar-refractivity contribution in [3.05, 3.63) is 0 Å². The Morgan fingerprint density at radius 2 is 2.00 bits per heavy atom. The molecular weight excluding hydrogens is 272 g/mol. The number of carbonyl (C=O) groups is 2. The van der Waals surface area contributed by atoms with E-state index in [1.54, 1.807) is 7.11 Å². The predicted molar refractivity (Wildman–Crippen MR) is 80.2 cm³/mol. The molecule has 0 spiro atoms. The van der Waals surface area contributed by atoms with Crippen LogP contribution in [0.2, 0.25) is 0 Å². The lowest BCUT2D eigenvalue weighted by molar-refractivity contribution is -0.142. The second kappa shape index (κ2) is 9.60. The van der Waals surface area contributed by atoms with Crippen LogP contribution in [-0.2, 0) is 9.53 Å². The summed E-state index contributed by atoms with van der Waals surface area (Å²) in [4.78, 5) is 23.4. The van der Waals surface area contributed by atoms with Gasteiger partial charge in [0.1, 0.15) is 0 Å². The van der Waals surface area contributed by atoms with Crippen LogP contribution in [0.4, 0.5) is 4.79 Å². The zero-order chi connectivity index (χ0) is 15.7. The molecule has 3 unspecified atom stereocenters. The fourth-order valence-corrected chi connectivity index (χ4v) is 2.92. The minimum atomic E-state index is -0.816. The summed E-state index contributed by atoms with van der Waals surface area (Å²) in [6.07, 6.45) is 6.07. The van der Waals surface area contributed by atoms with Gasteiger partial charge in [-0.2, -0.15) is 0 Å². The van der Waals surface area contributed by atoms with Crippen LogP contribution in [0.1, 0.15) is 51.9 Å². The van der Waals surface area contributed by atoms with Crippen LogP contribution in [-0.4, -0.2) is 42.9 Å². The summed E-state index contributed by atoms with van der Waals surface area (Å²) in [6, 6.07) is -0.604. The van der Waals surface area contributed by atoms with Gasteiger partial charge >= 0.3 is 12.0 Å². The molecule has 0 heterocycles. The van der Waals surface area contributed by atoms with E-state index in [0.717, 1.165) is 38.5 Å². The number of aliphatic carboxylic acids is 1. The zero-order valence-corrected chi connectivity index (χ0v) is 13.1. The van der Waals surface area contributed by atoms with E-state index < -0.39 is 11.9 Å². The number of urea groups is 1. The second-order valence-electron chi connectivity index (χ2n) is 5.75. The predicted octanol–water partition coefficient (Wildman–Crippen LogP) is 2.13. The normalized spacial score (nSPS) is 23.9. The number of rotatable bonds is 7. The van der Waals surface area contributed by atoms with Gasteiger partial charge in [-0.25, -0.2) is 4.79 Å². The molecule has 0 aromatic rings. The van der Waals surface area contributed by atoms with Crippen molar-refractivity contribution in [1.29, 1.82) is 0 Å². The third kappa shape index (κ3) is 6.33. The number of nitrogens with one attached hydrogen (secondary N) is 2. The van der Waals surface area contributed by atoms with Crippen LogP contribution in [0.15, 0.2) is 0 Å². The quantitative estimate of drug-likeness (QED) is 0.629. The maximum Gasteiger partial charge on any atom is 0.315 e. The number of carbonyl (C=O) groups excluding carboxylic acids is 1. The summed E-state index contributed by atoms with van der Waals surface area (Å²) in [5.41, 5.74) is 0. The molecule has 3 N–H and O–H groups in total. The van der Waals surface area contributed by atoms with Crippen molar-refractivity contribution in [3.63, 3.8) is 0 Å². The fraction of sp³-hybridized carbons (Fsp3) is 0.867. The highest BCUT2D eigenvalue weighted by Gasteiger charge is 2.30. The summed E-state index contributed by atoms with van der Waals surface area (Å²) in [5, 5.41) is 15.0. The molecule has 1 aliphatic rings. The van der Waals surface area contributed by atoms with Gasteiger partial charge < -0.3 is 20.5 Å². The molecule has 6 heteroatoms. The molecule has 0 radical (unpaired) electrons. The molecular formula is C15H28N2O4. The Kier molecular flexibility index (Phi) is 8.12. The topological polar surface area (TPSA) is 87.7 Å². The molecule has 0 aromatic heterocycles. The van der Waals surface area contributed by atoms with E-state index in [1.165, 1.54) is 0 Å². The first kappa shape index (κ1) is 17.8. The molecule has 1 fully saturated rings. The van der Waals surface area contributed by atoms with Gasteiger partial charge in [0.15, 0.2) is 0 Å². The van der Waals surface area contributed by atoms with Crippen molar-refractivity contribution in [2.45, 2.75) is 64.0 Å². The highest BCUT2D eigenvalue weighted by atomic mass is 16.5. The van der Waals surface area contributed by atoms with Crippen LogP contribution in [0.5, 0.6) is 0 Å². The van der Waals surface area contributed by atoms with E-state index >= 15 is 0 Å². The van der Waals surface area contributed by atoms with Crippen molar-refractivity contribution >= 4 is 12.0 Å². The summed E-state index contributed by atoms with van der Waals surface area (Å²) in [5.74, 6) is -1.30. The highest BCUT2D eigenvalue weighted by molar-refractivity contribution is 5.77. The SMILES string of the molecule is CCCC(COC)NC(=O)NC1CCCCCC1C(=O)O. The van der Waals surface area contributed by atoms with Gasteiger partial charge in [0.2, 0.25) is 0 Å². The second-order valence-corrected chi connectivity index (χ2v) is 5.75. The Labute approximate surface area is 126 Å². The molecule has 0 saturated heterocycles. The van der Waals surface area contributed by atoms with E-state index in [2.05, 4.69) is 10.6 Å². The van der Waals surface area contributed by atoms with Crippen molar-refractivity contribution in [2.24, 2.45) is 5.92 Å². The zero-order valence-electron chi connectivity index (χ0n) is 13.1. The van der Waals surface area contributed by atoms with Crippen molar-refractivity contribution < 1.29 is 19.4 Å². The first-order chi connectivity index (χ1) is 10.1. The van der Waals surface area contributed by atoms with Gasteiger partial charge in [0.25, 0.3) is 0 Å². The third-order valence-corrected chi connectivity index (χ3v) is 3.99. The number of methoxy groups -OCH3 is 1. The van der Waals surface area contributed by atoms with Crippen molar-refractivity contribution in [2.75, 3.05) is 13.7 Å². The first-order valence-electron chi connectivity index (χ1n) is 7.87. The van der Waals surface area contributed by atoms with E-state index in [0.29, 0.717) is 13.0 Å². The number of amides is 2. The lowest BCUT2D eigenvalue weighted by Crippen LogP contribution is -2.50. The Bertz CT molecular complexity index is 330. The minimum absolute atomic E-state index is 0.0333. The van der Waals surface area contributed by atoms with Crippen LogP contribution in [0.25, 0.3) is 0 Å². The average Bonchev–Trinajstić information content (AvgIpc) is 2.64. The molecule has 6 nitrogen and oxygen atoms in total. The molecule has 122 valence electrons. The molecule has 3 atom stereocenters. The molecule has 2 amide bonds. The molecule has 0 aliphatic heterocycles. The molecule has 1 rings (SSSR count). The first-order valence-corrected chi connectivity index (χ1v) is 7.87. The highest BCUT2D eigenvalue weighted by Crippen LogP contribution is 2.23. The summed E-state index contributed by atoms with van der Waals surface area (Å²) < 4.78 is 5.09. The Balaban J connectivity index is 2.54. The van der Waals surface area contributed by atoms with Crippen LogP contribution < -0.4 is 10.6 Å². The summed E-state index contributed by atoms with van der Waals surface area (Å²) in [7, 11) is 1.61. The van der Waals surface area contributed by atoms with E-state index in [9.17, 15) is 14.7 Å². The third-order valence-electron chi connectivity index (χ3n) is 3.99. The smallest absolute Gasteiger partial charge is 0.315 e. The van der Waals surface area contributed by atoms with Gasteiger partial charge in [-0.15, -0.1) is 0 Å². The Morgan fingerprint density at radius 1 is 1.29 bits per heavy atom. The van der Waals surface area contributed by atoms with Crippen molar-refractivity contribution in [3.8, 4) is 0 Å². The van der Waals surface area contributed by atoms with E-state index in [4.69, 9.17) is 4.74 Å². The molecule has 1 saturated carbocycles. The lowest BCUT2D eigenvalue weighted by atomic mass is 9.95. The number of carboxylic acid groups (broad SMARTS) is 1. The van der Waals surface area contributed by atoms with Gasteiger partial charge in [-0.1, -0.05) is 32.6 Å². The Morgan fingerprint density at radius 3 is 2.62 bits per heavy atom.